The number of nitrogens with one attached hydrogen (secondary N) is 1. The van der Waals surface area contributed by atoms with Gasteiger partial charge in [0.15, 0.2) is 0 Å². The minimum Gasteiger partial charge on any atom is -0.378 e. The van der Waals surface area contributed by atoms with Crippen LogP contribution in [0.3, 0.4) is 0 Å². The molecule has 0 bridgehead atoms. The van der Waals surface area contributed by atoms with E-state index in [9.17, 15) is 0 Å². The molecule has 0 radical (unpaired) electrons. The van der Waals surface area contributed by atoms with E-state index in [0.29, 0.717) is 18.1 Å². The molecule has 0 aliphatic carbocycles. The van der Waals surface area contributed by atoms with Crippen LogP contribution in [0, 0.1) is 5.92 Å². The second kappa shape index (κ2) is 8.67. The Hall–Kier alpha value is -0.380. The molecule has 0 saturated carbocycles. The Labute approximate surface area is 106 Å². The van der Waals surface area contributed by atoms with Crippen molar-refractivity contribution in [3.8, 4) is 0 Å². The minimum absolute atomic E-state index is 0.297. The van der Waals surface area contributed by atoms with E-state index in [1.165, 1.54) is 0 Å². The standard InChI is InChI=1S/C14H27NO2/c1-4-5-8-16-11-14-7-6-13(17-14)10-15-9-12(2)3/h4,12-15H,1,5-11H2,2-3H3. The Morgan fingerprint density at radius 1 is 1.41 bits per heavy atom. The highest BCUT2D eigenvalue weighted by molar-refractivity contribution is 4.75. The van der Waals surface area contributed by atoms with Gasteiger partial charge in [0.05, 0.1) is 25.4 Å². The molecule has 1 rings (SSSR count). The maximum absolute atomic E-state index is 5.91. The van der Waals surface area contributed by atoms with Crippen molar-refractivity contribution in [1.29, 1.82) is 0 Å². The summed E-state index contributed by atoms with van der Waals surface area (Å²) in [7, 11) is 0. The molecule has 1 saturated heterocycles. The van der Waals surface area contributed by atoms with Crippen molar-refractivity contribution in [3.63, 3.8) is 0 Å². The lowest BCUT2D eigenvalue weighted by atomic mass is 10.2. The van der Waals surface area contributed by atoms with Crippen molar-refractivity contribution < 1.29 is 9.47 Å². The molecule has 3 heteroatoms. The molecule has 0 aromatic carbocycles. The van der Waals surface area contributed by atoms with Crippen LogP contribution in [-0.4, -0.2) is 38.5 Å². The molecule has 3 nitrogen and oxygen atoms in total. The van der Waals surface area contributed by atoms with Gasteiger partial charge in [-0.05, 0) is 31.7 Å². The molecule has 100 valence electrons. The zero-order valence-corrected chi connectivity index (χ0v) is 11.3. The second-order valence-electron chi connectivity index (χ2n) is 5.16. The molecule has 0 spiro atoms. The predicted octanol–water partition coefficient (Wildman–Crippen LogP) is 2.37. The number of hydrogen-bond donors (Lipinski definition) is 1. The molecule has 2 atom stereocenters. The van der Waals surface area contributed by atoms with Gasteiger partial charge >= 0.3 is 0 Å². The van der Waals surface area contributed by atoms with Crippen LogP contribution in [0.1, 0.15) is 33.1 Å². The van der Waals surface area contributed by atoms with E-state index < -0.39 is 0 Å². The molecule has 0 amide bonds. The van der Waals surface area contributed by atoms with Crippen molar-refractivity contribution in [3.05, 3.63) is 12.7 Å². The smallest absolute Gasteiger partial charge is 0.0813 e. The third kappa shape index (κ3) is 6.81. The summed E-state index contributed by atoms with van der Waals surface area (Å²) in [6.07, 6.45) is 5.76. The van der Waals surface area contributed by atoms with E-state index in [4.69, 9.17) is 9.47 Å². The van der Waals surface area contributed by atoms with E-state index in [-0.39, 0.29) is 0 Å². The van der Waals surface area contributed by atoms with Crippen molar-refractivity contribution in [1.82, 2.24) is 5.32 Å². The second-order valence-corrected chi connectivity index (χ2v) is 5.16. The normalized spacial score (nSPS) is 24.4. The summed E-state index contributed by atoms with van der Waals surface area (Å²) in [6.45, 7) is 11.6. The SMILES string of the molecule is C=CCCOCC1CCC(CNCC(C)C)O1. The predicted molar refractivity (Wildman–Crippen MR) is 71.2 cm³/mol. The van der Waals surface area contributed by atoms with E-state index >= 15 is 0 Å². The number of ether oxygens (including phenoxy) is 2. The Morgan fingerprint density at radius 2 is 2.18 bits per heavy atom. The summed E-state index contributed by atoms with van der Waals surface area (Å²) in [5.74, 6) is 0.703. The van der Waals surface area contributed by atoms with Crippen molar-refractivity contribution >= 4 is 0 Å². The molecule has 1 heterocycles. The van der Waals surface area contributed by atoms with E-state index in [1.54, 1.807) is 0 Å². The van der Waals surface area contributed by atoms with Crippen LogP contribution in [-0.2, 0) is 9.47 Å². The maximum Gasteiger partial charge on any atom is 0.0813 e. The van der Waals surface area contributed by atoms with Gasteiger partial charge in [-0.25, -0.2) is 0 Å². The first-order valence-corrected chi connectivity index (χ1v) is 6.77. The first-order chi connectivity index (χ1) is 8.22. The summed E-state index contributed by atoms with van der Waals surface area (Å²) in [6, 6.07) is 0. The Morgan fingerprint density at radius 3 is 2.88 bits per heavy atom. The highest BCUT2D eigenvalue weighted by Crippen LogP contribution is 2.19. The van der Waals surface area contributed by atoms with Crippen molar-refractivity contribution in [2.24, 2.45) is 5.92 Å². The van der Waals surface area contributed by atoms with E-state index in [1.807, 2.05) is 6.08 Å². The molecular formula is C14H27NO2. The Kier molecular flexibility index (Phi) is 7.49. The van der Waals surface area contributed by atoms with Crippen molar-refractivity contribution in [2.45, 2.75) is 45.3 Å². The first-order valence-electron chi connectivity index (χ1n) is 6.77. The molecule has 17 heavy (non-hydrogen) atoms. The Balaban J connectivity index is 2.00. The van der Waals surface area contributed by atoms with Crippen LogP contribution in [0.25, 0.3) is 0 Å². The largest absolute Gasteiger partial charge is 0.378 e. The fourth-order valence-corrected chi connectivity index (χ4v) is 1.97. The zero-order valence-electron chi connectivity index (χ0n) is 11.3. The summed E-state index contributed by atoms with van der Waals surface area (Å²) in [5, 5.41) is 3.44. The van der Waals surface area contributed by atoms with Gasteiger partial charge in [0, 0.05) is 6.54 Å². The topological polar surface area (TPSA) is 30.5 Å². The van der Waals surface area contributed by atoms with E-state index in [2.05, 4.69) is 25.7 Å². The third-order valence-corrected chi connectivity index (χ3v) is 2.89. The summed E-state index contributed by atoms with van der Waals surface area (Å²) < 4.78 is 11.4. The van der Waals surface area contributed by atoms with Crippen LogP contribution < -0.4 is 5.32 Å². The first kappa shape index (κ1) is 14.7. The molecule has 2 unspecified atom stereocenters. The Bertz CT molecular complexity index is 206. The van der Waals surface area contributed by atoms with Gasteiger partial charge in [0.1, 0.15) is 0 Å². The molecule has 1 aliphatic rings. The van der Waals surface area contributed by atoms with Gasteiger partial charge in [-0.2, -0.15) is 0 Å². The van der Waals surface area contributed by atoms with Gasteiger partial charge in [-0.3, -0.25) is 0 Å². The van der Waals surface area contributed by atoms with Crippen LogP contribution in [0.2, 0.25) is 0 Å². The average Bonchev–Trinajstić information content (AvgIpc) is 2.72. The van der Waals surface area contributed by atoms with Crippen LogP contribution in [0.15, 0.2) is 12.7 Å². The molecule has 1 aliphatic heterocycles. The molecular weight excluding hydrogens is 214 g/mol. The zero-order chi connectivity index (χ0) is 12.5. The number of rotatable bonds is 9. The monoisotopic (exact) mass is 241 g/mol. The van der Waals surface area contributed by atoms with Gasteiger partial charge in [-0.15, -0.1) is 6.58 Å². The summed E-state index contributed by atoms with van der Waals surface area (Å²) in [4.78, 5) is 0. The van der Waals surface area contributed by atoms with E-state index in [0.717, 1.165) is 45.6 Å². The highest BCUT2D eigenvalue weighted by atomic mass is 16.5. The van der Waals surface area contributed by atoms with Crippen LogP contribution >= 0.6 is 0 Å². The quantitative estimate of drug-likeness (QED) is 0.496. The highest BCUT2D eigenvalue weighted by Gasteiger charge is 2.24. The minimum atomic E-state index is 0.297. The number of hydrogen-bond acceptors (Lipinski definition) is 3. The van der Waals surface area contributed by atoms with Gasteiger partial charge in [0.25, 0.3) is 0 Å². The average molecular weight is 241 g/mol. The molecule has 1 fully saturated rings. The van der Waals surface area contributed by atoms with Gasteiger partial charge < -0.3 is 14.8 Å². The lowest BCUT2D eigenvalue weighted by molar-refractivity contribution is -0.0133. The van der Waals surface area contributed by atoms with Crippen LogP contribution in [0.4, 0.5) is 0 Å². The lowest BCUT2D eigenvalue weighted by Gasteiger charge is -2.15. The lowest BCUT2D eigenvalue weighted by Crippen LogP contribution is -2.30. The van der Waals surface area contributed by atoms with Gasteiger partial charge in [0.2, 0.25) is 0 Å². The van der Waals surface area contributed by atoms with Gasteiger partial charge in [-0.1, -0.05) is 19.9 Å². The molecule has 0 aromatic heterocycles. The summed E-state index contributed by atoms with van der Waals surface area (Å²) >= 11 is 0. The summed E-state index contributed by atoms with van der Waals surface area (Å²) in [5.41, 5.74) is 0. The fraction of sp³-hybridized carbons (Fsp3) is 0.857. The third-order valence-electron chi connectivity index (χ3n) is 2.89. The van der Waals surface area contributed by atoms with Crippen molar-refractivity contribution in [2.75, 3.05) is 26.3 Å². The fourth-order valence-electron chi connectivity index (χ4n) is 1.97. The molecule has 1 N–H and O–H groups in total. The molecule has 0 aromatic rings. The maximum atomic E-state index is 5.91. The van der Waals surface area contributed by atoms with Crippen LogP contribution in [0.5, 0.6) is 0 Å².